The van der Waals surface area contributed by atoms with Crippen LogP contribution in [-0.4, -0.2) is 53.2 Å². The number of ether oxygens (including phenoxy) is 1. The molecule has 2 aliphatic heterocycles. The number of amides is 2. The number of hydrogen-bond acceptors (Lipinski definition) is 4. The monoisotopic (exact) mass is 284 g/mol. The molecule has 2 saturated heterocycles. The quantitative estimate of drug-likeness (QED) is 0.728. The average Bonchev–Trinajstić information content (AvgIpc) is 2.22. The van der Waals surface area contributed by atoms with Crippen LogP contribution in [0.25, 0.3) is 0 Å². The van der Waals surface area contributed by atoms with E-state index in [2.05, 4.69) is 5.32 Å². The fourth-order valence-corrected chi connectivity index (χ4v) is 2.79. The summed E-state index contributed by atoms with van der Waals surface area (Å²) >= 11 is 0. The Balaban J connectivity index is 2.02. The number of nitrogens with zero attached hydrogens (tertiary/aromatic N) is 1. The summed E-state index contributed by atoms with van der Waals surface area (Å²) in [6.07, 6.45) is -0.318. The highest BCUT2D eigenvalue weighted by atomic mass is 16.6. The molecule has 0 bridgehead atoms. The highest BCUT2D eigenvalue weighted by molar-refractivity contribution is 5.83. The van der Waals surface area contributed by atoms with Gasteiger partial charge in [0.1, 0.15) is 5.60 Å². The van der Waals surface area contributed by atoms with Gasteiger partial charge in [0.25, 0.3) is 0 Å². The fourth-order valence-electron chi connectivity index (χ4n) is 2.79. The first-order chi connectivity index (χ1) is 9.13. The molecule has 0 aliphatic carbocycles. The number of aliphatic carboxylic acids is 1. The second kappa shape index (κ2) is 4.64. The molecule has 0 aromatic rings. The third-order valence-electron chi connectivity index (χ3n) is 3.72. The smallest absolute Gasteiger partial charge is 0.410 e. The Bertz CT molecular complexity index is 448. The Labute approximate surface area is 117 Å². The van der Waals surface area contributed by atoms with Crippen molar-refractivity contribution in [3.05, 3.63) is 0 Å². The van der Waals surface area contributed by atoms with Gasteiger partial charge in [0.05, 0.1) is 5.92 Å². The fraction of sp³-hybridized carbons (Fsp3) is 0.769. The lowest BCUT2D eigenvalue weighted by Gasteiger charge is -2.54. The normalized spacial score (nSPS) is 24.9. The molecule has 0 aromatic carbocycles. The van der Waals surface area contributed by atoms with E-state index >= 15 is 0 Å². The van der Waals surface area contributed by atoms with Crippen LogP contribution in [0.2, 0.25) is 0 Å². The number of piperidine rings is 1. The van der Waals surface area contributed by atoms with E-state index in [0.717, 1.165) is 0 Å². The van der Waals surface area contributed by atoms with Crippen molar-refractivity contribution < 1.29 is 24.2 Å². The molecule has 7 heteroatoms. The van der Waals surface area contributed by atoms with Crippen molar-refractivity contribution in [3.8, 4) is 0 Å². The summed E-state index contributed by atoms with van der Waals surface area (Å²) < 4.78 is 5.24. The molecule has 2 fully saturated rings. The highest BCUT2D eigenvalue weighted by Gasteiger charge is 2.56. The first-order valence-electron chi connectivity index (χ1n) is 6.60. The summed E-state index contributed by atoms with van der Waals surface area (Å²) in [7, 11) is 0. The zero-order valence-corrected chi connectivity index (χ0v) is 11.9. The van der Waals surface area contributed by atoms with Crippen molar-refractivity contribution in [2.75, 3.05) is 19.6 Å². The molecule has 7 nitrogen and oxygen atoms in total. The molecule has 0 radical (unpaired) electrons. The van der Waals surface area contributed by atoms with Crippen LogP contribution in [-0.2, 0) is 14.3 Å². The number of carbonyl (C=O) groups is 3. The molecular formula is C13H20N2O5. The Kier molecular flexibility index (Phi) is 3.39. The van der Waals surface area contributed by atoms with Crippen molar-refractivity contribution in [1.29, 1.82) is 0 Å². The summed E-state index contributed by atoms with van der Waals surface area (Å²) in [5.41, 5.74) is -1.24. The number of carboxylic acid groups (broad SMARTS) is 1. The zero-order chi connectivity index (χ0) is 15.1. The van der Waals surface area contributed by atoms with Crippen molar-refractivity contribution >= 4 is 18.0 Å². The lowest BCUT2D eigenvalue weighted by molar-refractivity contribution is -0.160. The van der Waals surface area contributed by atoms with E-state index in [1.54, 1.807) is 20.8 Å². The van der Waals surface area contributed by atoms with Crippen LogP contribution in [0.5, 0.6) is 0 Å². The Morgan fingerprint density at radius 2 is 2.00 bits per heavy atom. The van der Waals surface area contributed by atoms with Crippen molar-refractivity contribution in [3.63, 3.8) is 0 Å². The zero-order valence-electron chi connectivity index (χ0n) is 11.9. The van der Waals surface area contributed by atoms with Gasteiger partial charge in [0.2, 0.25) is 5.91 Å². The lowest BCUT2D eigenvalue weighted by atomic mass is 9.65. The van der Waals surface area contributed by atoms with Gasteiger partial charge < -0.3 is 20.1 Å². The van der Waals surface area contributed by atoms with E-state index in [-0.39, 0.29) is 32.0 Å². The summed E-state index contributed by atoms with van der Waals surface area (Å²) in [6, 6.07) is 0. The summed E-state index contributed by atoms with van der Waals surface area (Å²) in [5, 5.41) is 11.8. The SMILES string of the molecule is CC(C)(C)OC(=O)N1CC2(CC(=O)NCC2C(=O)O)C1. The van der Waals surface area contributed by atoms with Gasteiger partial charge in [-0.15, -0.1) is 0 Å². The molecule has 1 spiro atoms. The first-order valence-corrected chi connectivity index (χ1v) is 6.60. The summed E-state index contributed by atoms with van der Waals surface area (Å²) in [5.74, 6) is -1.75. The summed E-state index contributed by atoms with van der Waals surface area (Å²) in [6.45, 7) is 5.95. The van der Waals surface area contributed by atoms with Gasteiger partial charge in [-0.1, -0.05) is 0 Å². The van der Waals surface area contributed by atoms with E-state index in [9.17, 15) is 19.5 Å². The van der Waals surface area contributed by atoms with Gasteiger partial charge in [0, 0.05) is 31.5 Å². The van der Waals surface area contributed by atoms with E-state index in [0.29, 0.717) is 0 Å². The molecule has 2 N–H and O–H groups in total. The van der Waals surface area contributed by atoms with Gasteiger partial charge in [-0.2, -0.15) is 0 Å². The first kappa shape index (κ1) is 14.6. The van der Waals surface area contributed by atoms with Gasteiger partial charge in [0.15, 0.2) is 0 Å². The lowest BCUT2D eigenvalue weighted by Crippen LogP contribution is -2.68. The Morgan fingerprint density at radius 3 is 2.50 bits per heavy atom. The van der Waals surface area contributed by atoms with Crippen LogP contribution in [0.4, 0.5) is 4.79 Å². The topological polar surface area (TPSA) is 95.9 Å². The molecule has 112 valence electrons. The minimum Gasteiger partial charge on any atom is -0.481 e. The number of nitrogens with one attached hydrogen (secondary N) is 1. The highest BCUT2D eigenvalue weighted by Crippen LogP contribution is 2.43. The van der Waals surface area contributed by atoms with Crippen LogP contribution >= 0.6 is 0 Å². The minimum atomic E-state index is -0.936. The molecule has 20 heavy (non-hydrogen) atoms. The molecule has 0 saturated carbocycles. The molecule has 1 unspecified atom stereocenters. The molecule has 2 aliphatic rings. The number of carbonyl (C=O) groups excluding carboxylic acids is 2. The maximum absolute atomic E-state index is 11.9. The molecule has 2 rings (SSSR count). The van der Waals surface area contributed by atoms with E-state index < -0.39 is 29.0 Å². The van der Waals surface area contributed by atoms with Crippen molar-refractivity contribution in [2.45, 2.75) is 32.8 Å². The van der Waals surface area contributed by atoms with Gasteiger partial charge in [-0.3, -0.25) is 9.59 Å². The average molecular weight is 284 g/mol. The van der Waals surface area contributed by atoms with Crippen molar-refractivity contribution in [2.24, 2.45) is 11.3 Å². The molecule has 0 aromatic heterocycles. The van der Waals surface area contributed by atoms with Crippen LogP contribution in [0, 0.1) is 11.3 Å². The van der Waals surface area contributed by atoms with Crippen LogP contribution in [0.3, 0.4) is 0 Å². The maximum atomic E-state index is 11.9. The van der Waals surface area contributed by atoms with Gasteiger partial charge in [-0.25, -0.2) is 4.79 Å². The second-order valence-electron chi connectivity index (χ2n) is 6.57. The largest absolute Gasteiger partial charge is 0.481 e. The maximum Gasteiger partial charge on any atom is 0.410 e. The van der Waals surface area contributed by atoms with Crippen LogP contribution < -0.4 is 5.32 Å². The van der Waals surface area contributed by atoms with E-state index in [4.69, 9.17) is 4.74 Å². The van der Waals surface area contributed by atoms with Gasteiger partial charge >= 0.3 is 12.1 Å². The molecule has 2 amide bonds. The Hall–Kier alpha value is -1.79. The minimum absolute atomic E-state index is 0.121. The molecule has 2 heterocycles. The second-order valence-corrected chi connectivity index (χ2v) is 6.57. The van der Waals surface area contributed by atoms with E-state index in [1.807, 2.05) is 0 Å². The Morgan fingerprint density at radius 1 is 1.40 bits per heavy atom. The standard InChI is InChI=1S/C13H20N2O5/c1-12(2,3)20-11(19)15-6-13(7-15)4-9(16)14-5-8(13)10(17)18/h8H,4-7H2,1-3H3,(H,14,16)(H,17,18). The van der Waals surface area contributed by atoms with Crippen LogP contribution in [0.15, 0.2) is 0 Å². The number of carboxylic acids is 1. The third kappa shape index (κ3) is 2.71. The predicted molar refractivity (Wildman–Crippen MR) is 69.0 cm³/mol. The van der Waals surface area contributed by atoms with E-state index in [1.165, 1.54) is 4.90 Å². The number of likely N-dealkylation sites (tertiary alicyclic amines) is 1. The molecular weight excluding hydrogens is 264 g/mol. The van der Waals surface area contributed by atoms with Crippen LogP contribution in [0.1, 0.15) is 27.2 Å². The third-order valence-corrected chi connectivity index (χ3v) is 3.72. The number of hydrogen-bond donors (Lipinski definition) is 2. The van der Waals surface area contributed by atoms with Gasteiger partial charge in [-0.05, 0) is 20.8 Å². The number of rotatable bonds is 1. The summed E-state index contributed by atoms with van der Waals surface area (Å²) in [4.78, 5) is 36.1. The van der Waals surface area contributed by atoms with Crippen molar-refractivity contribution in [1.82, 2.24) is 10.2 Å². The predicted octanol–water partition coefficient (Wildman–Crippen LogP) is 0.444. The molecule has 1 atom stereocenters.